The van der Waals surface area contributed by atoms with Crippen LogP contribution in [0.5, 0.6) is 0 Å². The van der Waals surface area contributed by atoms with E-state index in [2.05, 4.69) is 31.2 Å². The summed E-state index contributed by atoms with van der Waals surface area (Å²) in [6, 6.07) is 6.32. The summed E-state index contributed by atoms with van der Waals surface area (Å²) in [6.07, 6.45) is 3.36. The van der Waals surface area contributed by atoms with Gasteiger partial charge in [0.1, 0.15) is 5.52 Å². The van der Waals surface area contributed by atoms with Gasteiger partial charge in [0.05, 0.1) is 27.2 Å². The van der Waals surface area contributed by atoms with Gasteiger partial charge in [-0.25, -0.2) is 4.98 Å². The lowest BCUT2D eigenvalue weighted by molar-refractivity contribution is -0.890. The van der Waals surface area contributed by atoms with E-state index in [-0.39, 0.29) is 0 Å². The summed E-state index contributed by atoms with van der Waals surface area (Å²) in [4.78, 5) is 4.39. The maximum atomic E-state index is 5.58. The zero-order valence-corrected chi connectivity index (χ0v) is 12.9. The molecule has 0 atom stereocenters. The van der Waals surface area contributed by atoms with Gasteiger partial charge in [0.2, 0.25) is 0 Å². The van der Waals surface area contributed by atoms with E-state index in [1.165, 1.54) is 18.5 Å². The van der Waals surface area contributed by atoms with E-state index in [1.54, 1.807) is 0 Å². The van der Waals surface area contributed by atoms with Crippen LogP contribution in [-0.2, 0) is 6.42 Å². The molecule has 0 saturated heterocycles. The molecule has 0 aliphatic heterocycles. The van der Waals surface area contributed by atoms with E-state index in [0.717, 1.165) is 47.4 Å². The summed E-state index contributed by atoms with van der Waals surface area (Å²) >= 11 is 0. The summed E-state index contributed by atoms with van der Waals surface area (Å²) in [5.41, 5.74) is 8.77. The quantitative estimate of drug-likeness (QED) is 0.791. The number of hydrogen-bond donors (Lipinski definition) is 1. The second kappa shape index (κ2) is 6.37. The summed E-state index contributed by atoms with van der Waals surface area (Å²) in [6.45, 7) is 4.99. The van der Waals surface area contributed by atoms with E-state index in [9.17, 15) is 0 Å². The molecule has 4 nitrogen and oxygen atoms in total. The molecular formula is C16H26N3O+. The van der Waals surface area contributed by atoms with Crippen molar-refractivity contribution >= 4 is 11.1 Å². The van der Waals surface area contributed by atoms with E-state index < -0.39 is 0 Å². The van der Waals surface area contributed by atoms with E-state index >= 15 is 0 Å². The van der Waals surface area contributed by atoms with Crippen molar-refractivity contribution in [3.05, 3.63) is 29.7 Å². The fourth-order valence-corrected chi connectivity index (χ4v) is 2.59. The minimum atomic E-state index is 0.733. The molecular weight excluding hydrogens is 250 g/mol. The first-order valence-electron chi connectivity index (χ1n) is 7.38. The Balaban J connectivity index is 1.89. The van der Waals surface area contributed by atoms with Crippen LogP contribution >= 0.6 is 0 Å². The van der Waals surface area contributed by atoms with Crippen LogP contribution in [-0.4, -0.2) is 43.2 Å². The Bertz CT molecular complexity index is 560. The smallest absolute Gasteiger partial charge is 0.192 e. The zero-order chi connectivity index (χ0) is 14.6. The first kappa shape index (κ1) is 15.0. The molecule has 0 bridgehead atoms. The molecule has 0 aliphatic rings. The molecule has 1 heterocycles. The number of benzene rings is 1. The SMILES string of the molecule is Cc1nc2cc(CCC[N+](C)(C)CCCN)ccc2o1. The number of fused-ring (bicyclic) bond motifs is 1. The predicted octanol–water partition coefficient (Wildman–Crippen LogP) is 2.49. The number of aromatic nitrogens is 1. The van der Waals surface area contributed by atoms with Crippen LogP contribution in [0.4, 0.5) is 0 Å². The maximum Gasteiger partial charge on any atom is 0.192 e. The summed E-state index contributed by atoms with van der Waals surface area (Å²) in [5, 5.41) is 0. The molecule has 0 saturated carbocycles. The second-order valence-electron chi connectivity index (χ2n) is 6.16. The molecule has 4 heteroatoms. The van der Waals surface area contributed by atoms with E-state index in [4.69, 9.17) is 10.2 Å². The average Bonchev–Trinajstić information content (AvgIpc) is 2.75. The first-order chi connectivity index (χ1) is 9.50. The third kappa shape index (κ3) is 4.05. The van der Waals surface area contributed by atoms with Gasteiger partial charge in [-0.15, -0.1) is 0 Å². The number of nitrogens with two attached hydrogens (primary N) is 1. The number of rotatable bonds is 7. The van der Waals surface area contributed by atoms with Gasteiger partial charge in [0, 0.05) is 19.8 Å². The van der Waals surface area contributed by atoms with Crippen molar-refractivity contribution in [2.24, 2.45) is 5.73 Å². The lowest BCUT2D eigenvalue weighted by atomic mass is 10.1. The Hall–Kier alpha value is -1.39. The van der Waals surface area contributed by atoms with Crippen molar-refractivity contribution in [3.8, 4) is 0 Å². The topological polar surface area (TPSA) is 52.0 Å². The molecule has 0 radical (unpaired) electrons. The number of hydrogen-bond acceptors (Lipinski definition) is 3. The lowest BCUT2D eigenvalue weighted by Crippen LogP contribution is -2.42. The Labute approximate surface area is 121 Å². The van der Waals surface area contributed by atoms with Gasteiger partial charge in [-0.1, -0.05) is 6.07 Å². The fraction of sp³-hybridized carbons (Fsp3) is 0.562. The molecule has 0 spiro atoms. The van der Waals surface area contributed by atoms with Gasteiger partial charge >= 0.3 is 0 Å². The van der Waals surface area contributed by atoms with Crippen molar-refractivity contribution in [1.29, 1.82) is 0 Å². The molecule has 1 aromatic heterocycles. The largest absolute Gasteiger partial charge is 0.441 e. The fourth-order valence-electron chi connectivity index (χ4n) is 2.59. The predicted molar refractivity (Wildman–Crippen MR) is 82.6 cm³/mol. The molecule has 0 unspecified atom stereocenters. The minimum Gasteiger partial charge on any atom is -0.441 e. The van der Waals surface area contributed by atoms with E-state index in [0.29, 0.717) is 0 Å². The molecule has 2 N–H and O–H groups in total. The number of quaternary nitrogens is 1. The number of oxazole rings is 1. The average molecular weight is 276 g/mol. The Kier molecular flexibility index (Phi) is 4.78. The Morgan fingerprint density at radius 3 is 2.70 bits per heavy atom. The van der Waals surface area contributed by atoms with Crippen molar-refractivity contribution in [1.82, 2.24) is 4.98 Å². The first-order valence-corrected chi connectivity index (χ1v) is 7.38. The highest BCUT2D eigenvalue weighted by molar-refractivity contribution is 5.73. The van der Waals surface area contributed by atoms with Crippen LogP contribution in [0, 0.1) is 6.92 Å². The highest BCUT2D eigenvalue weighted by Gasteiger charge is 2.13. The van der Waals surface area contributed by atoms with Crippen molar-refractivity contribution in [2.45, 2.75) is 26.2 Å². The van der Waals surface area contributed by atoms with Gasteiger partial charge < -0.3 is 14.6 Å². The van der Waals surface area contributed by atoms with Gasteiger partial charge in [-0.3, -0.25) is 0 Å². The molecule has 2 rings (SSSR count). The molecule has 0 amide bonds. The van der Waals surface area contributed by atoms with Crippen LogP contribution in [0.1, 0.15) is 24.3 Å². The highest BCUT2D eigenvalue weighted by atomic mass is 16.3. The molecule has 1 aromatic carbocycles. The normalized spacial score (nSPS) is 12.2. The standard InChI is InChI=1S/C16H26N3O/c1-13-18-15-12-14(7-8-16(15)20-13)6-4-10-19(2,3)11-5-9-17/h7-8,12H,4-6,9-11,17H2,1-3H3/q+1. The zero-order valence-electron chi connectivity index (χ0n) is 12.9. The molecule has 20 heavy (non-hydrogen) atoms. The number of aryl methyl sites for hydroxylation is 2. The monoisotopic (exact) mass is 276 g/mol. The van der Waals surface area contributed by atoms with E-state index in [1.807, 2.05) is 13.0 Å². The Morgan fingerprint density at radius 2 is 1.95 bits per heavy atom. The van der Waals surface area contributed by atoms with Gasteiger partial charge in [0.25, 0.3) is 0 Å². The minimum absolute atomic E-state index is 0.733. The second-order valence-corrected chi connectivity index (χ2v) is 6.16. The van der Waals surface area contributed by atoms with Crippen LogP contribution < -0.4 is 5.73 Å². The van der Waals surface area contributed by atoms with Gasteiger partial charge in [-0.05, 0) is 30.7 Å². The molecule has 2 aromatic rings. The highest BCUT2D eigenvalue weighted by Crippen LogP contribution is 2.18. The van der Waals surface area contributed by atoms with Crippen molar-refractivity contribution in [3.63, 3.8) is 0 Å². The van der Waals surface area contributed by atoms with Crippen LogP contribution in [0.25, 0.3) is 11.1 Å². The molecule has 0 fully saturated rings. The third-order valence-electron chi connectivity index (χ3n) is 3.76. The summed E-state index contributed by atoms with van der Waals surface area (Å²) < 4.78 is 6.54. The lowest BCUT2D eigenvalue weighted by Gasteiger charge is -2.29. The van der Waals surface area contributed by atoms with Crippen LogP contribution in [0.2, 0.25) is 0 Å². The van der Waals surface area contributed by atoms with Crippen molar-refractivity contribution < 1.29 is 8.90 Å². The van der Waals surface area contributed by atoms with Crippen LogP contribution in [0.15, 0.2) is 22.6 Å². The summed E-state index contributed by atoms with van der Waals surface area (Å²) in [7, 11) is 4.56. The van der Waals surface area contributed by atoms with Crippen molar-refractivity contribution in [2.75, 3.05) is 33.7 Å². The molecule has 110 valence electrons. The van der Waals surface area contributed by atoms with Crippen LogP contribution in [0.3, 0.4) is 0 Å². The van der Waals surface area contributed by atoms with Gasteiger partial charge in [0.15, 0.2) is 11.5 Å². The molecule has 0 aliphatic carbocycles. The maximum absolute atomic E-state index is 5.58. The summed E-state index contributed by atoms with van der Waals surface area (Å²) in [5.74, 6) is 0.733. The third-order valence-corrected chi connectivity index (χ3v) is 3.76. The number of nitrogens with zero attached hydrogens (tertiary/aromatic N) is 2. The Morgan fingerprint density at radius 1 is 1.20 bits per heavy atom. The van der Waals surface area contributed by atoms with Gasteiger partial charge in [-0.2, -0.15) is 0 Å².